The van der Waals surface area contributed by atoms with Crippen molar-refractivity contribution in [3.05, 3.63) is 47.9 Å². The lowest BCUT2D eigenvalue weighted by Crippen LogP contribution is -2.14. The molecule has 2 rings (SSSR count). The highest BCUT2D eigenvalue weighted by molar-refractivity contribution is 5.93. The van der Waals surface area contributed by atoms with Crippen molar-refractivity contribution in [1.82, 2.24) is 9.97 Å². The summed E-state index contributed by atoms with van der Waals surface area (Å²) in [6.45, 7) is 0. The highest BCUT2D eigenvalue weighted by Crippen LogP contribution is 2.09. The van der Waals surface area contributed by atoms with Gasteiger partial charge in [0, 0.05) is 6.20 Å². The minimum absolute atomic E-state index is 0.367. The fourth-order valence-electron chi connectivity index (χ4n) is 1.29. The Morgan fingerprint density at radius 3 is 2.93 bits per heavy atom. The molecule has 15 heavy (non-hydrogen) atoms. The quantitative estimate of drug-likeness (QED) is 0.798. The van der Waals surface area contributed by atoms with Crippen LogP contribution < -0.4 is 5.73 Å². The second-order valence-corrected chi connectivity index (χ2v) is 2.96. The van der Waals surface area contributed by atoms with Crippen molar-refractivity contribution < 1.29 is 9.21 Å². The van der Waals surface area contributed by atoms with E-state index in [2.05, 4.69) is 9.97 Å². The van der Waals surface area contributed by atoms with Crippen LogP contribution in [0.2, 0.25) is 0 Å². The number of nitrogens with two attached hydrogens (primary N) is 1. The van der Waals surface area contributed by atoms with E-state index in [1.54, 1.807) is 24.5 Å². The van der Waals surface area contributed by atoms with E-state index >= 15 is 0 Å². The van der Waals surface area contributed by atoms with E-state index in [0.29, 0.717) is 23.6 Å². The van der Waals surface area contributed by atoms with Crippen LogP contribution in [-0.4, -0.2) is 15.9 Å². The molecule has 0 aromatic carbocycles. The molecule has 0 saturated heterocycles. The number of hydrogen-bond acceptors (Lipinski definition) is 4. The summed E-state index contributed by atoms with van der Waals surface area (Å²) >= 11 is 0. The Morgan fingerprint density at radius 2 is 2.27 bits per heavy atom. The van der Waals surface area contributed by atoms with E-state index in [9.17, 15) is 4.79 Å². The molecule has 0 aliphatic carbocycles. The number of oxazole rings is 1. The summed E-state index contributed by atoms with van der Waals surface area (Å²) in [5.41, 5.74) is 6.19. The zero-order chi connectivity index (χ0) is 10.7. The molecule has 0 saturated carbocycles. The van der Waals surface area contributed by atoms with Crippen LogP contribution in [0.1, 0.15) is 21.9 Å². The van der Waals surface area contributed by atoms with Gasteiger partial charge in [0.15, 0.2) is 5.89 Å². The Labute approximate surface area is 86.0 Å². The smallest absolute Gasteiger partial charge is 0.250 e. The molecule has 0 radical (unpaired) electrons. The molecule has 0 aliphatic rings. The second-order valence-electron chi connectivity index (χ2n) is 2.96. The average molecular weight is 203 g/mol. The fraction of sp³-hybridized carbons (Fsp3) is 0.100. The van der Waals surface area contributed by atoms with Crippen molar-refractivity contribution in [3.8, 4) is 0 Å². The molecule has 0 atom stereocenters. The molecule has 1 amide bonds. The molecule has 2 heterocycles. The highest BCUT2D eigenvalue weighted by atomic mass is 16.3. The Morgan fingerprint density at radius 1 is 1.40 bits per heavy atom. The maximum Gasteiger partial charge on any atom is 0.250 e. The number of nitrogens with zero attached hydrogens (tertiary/aromatic N) is 2. The zero-order valence-corrected chi connectivity index (χ0v) is 7.88. The summed E-state index contributed by atoms with van der Waals surface area (Å²) in [6.07, 6.45) is 4.99. The van der Waals surface area contributed by atoms with Gasteiger partial charge in [-0.05, 0) is 12.1 Å². The van der Waals surface area contributed by atoms with Crippen LogP contribution >= 0.6 is 0 Å². The maximum absolute atomic E-state index is 11.1. The Bertz CT molecular complexity index is 465. The molecule has 0 unspecified atom stereocenters. The van der Waals surface area contributed by atoms with Gasteiger partial charge in [0.05, 0.1) is 23.9 Å². The van der Waals surface area contributed by atoms with Crippen molar-refractivity contribution in [2.24, 2.45) is 5.73 Å². The van der Waals surface area contributed by atoms with E-state index in [0.717, 1.165) is 0 Å². The molecular formula is C10H9N3O2. The van der Waals surface area contributed by atoms with Gasteiger partial charge in [0.1, 0.15) is 6.26 Å². The molecule has 0 bridgehead atoms. The summed E-state index contributed by atoms with van der Waals surface area (Å²) in [7, 11) is 0. The lowest BCUT2D eigenvalue weighted by Gasteiger charge is -2.01. The average Bonchev–Trinajstić information content (AvgIpc) is 2.71. The molecule has 2 aromatic rings. The SMILES string of the molecule is NC(=O)c1cccnc1Cc1ncco1. The van der Waals surface area contributed by atoms with Crippen LogP contribution in [0.3, 0.4) is 0 Å². The van der Waals surface area contributed by atoms with Gasteiger partial charge in [-0.15, -0.1) is 0 Å². The first kappa shape index (κ1) is 9.39. The predicted molar refractivity (Wildman–Crippen MR) is 52.1 cm³/mol. The fourth-order valence-corrected chi connectivity index (χ4v) is 1.29. The maximum atomic E-state index is 11.1. The first-order chi connectivity index (χ1) is 7.27. The minimum atomic E-state index is -0.496. The third-order valence-electron chi connectivity index (χ3n) is 1.96. The van der Waals surface area contributed by atoms with E-state index in [1.165, 1.54) is 6.26 Å². The van der Waals surface area contributed by atoms with Gasteiger partial charge in [-0.25, -0.2) is 4.98 Å². The lowest BCUT2D eigenvalue weighted by molar-refractivity contribution is 0.0999. The monoisotopic (exact) mass is 203 g/mol. The Hall–Kier alpha value is -2.17. The van der Waals surface area contributed by atoms with Crippen LogP contribution in [0.25, 0.3) is 0 Å². The number of carbonyl (C=O) groups excluding carboxylic acids is 1. The zero-order valence-electron chi connectivity index (χ0n) is 7.88. The van der Waals surface area contributed by atoms with Crippen molar-refractivity contribution >= 4 is 5.91 Å². The number of aromatic nitrogens is 2. The molecule has 5 heteroatoms. The summed E-state index contributed by atoms with van der Waals surface area (Å²) in [5, 5.41) is 0. The molecule has 76 valence electrons. The number of pyridine rings is 1. The van der Waals surface area contributed by atoms with Gasteiger partial charge in [0.25, 0.3) is 5.91 Å². The van der Waals surface area contributed by atoms with Crippen molar-refractivity contribution in [2.45, 2.75) is 6.42 Å². The number of carbonyl (C=O) groups is 1. The van der Waals surface area contributed by atoms with E-state index in [4.69, 9.17) is 10.2 Å². The van der Waals surface area contributed by atoms with Crippen molar-refractivity contribution in [2.75, 3.05) is 0 Å². The number of amides is 1. The number of primary amides is 1. The predicted octanol–water partition coefficient (Wildman–Crippen LogP) is 0.759. The van der Waals surface area contributed by atoms with Crippen molar-refractivity contribution in [3.63, 3.8) is 0 Å². The van der Waals surface area contributed by atoms with Gasteiger partial charge in [-0.3, -0.25) is 9.78 Å². The van der Waals surface area contributed by atoms with E-state index in [-0.39, 0.29) is 0 Å². The Balaban J connectivity index is 2.32. The number of hydrogen-bond donors (Lipinski definition) is 1. The van der Waals surface area contributed by atoms with Gasteiger partial charge < -0.3 is 10.2 Å². The van der Waals surface area contributed by atoms with Crippen LogP contribution in [0.4, 0.5) is 0 Å². The summed E-state index contributed by atoms with van der Waals surface area (Å²) in [4.78, 5) is 19.1. The molecule has 0 aliphatic heterocycles. The summed E-state index contributed by atoms with van der Waals surface area (Å²) in [6, 6.07) is 3.30. The van der Waals surface area contributed by atoms with E-state index < -0.39 is 5.91 Å². The molecule has 0 spiro atoms. The van der Waals surface area contributed by atoms with Crippen LogP contribution in [0, 0.1) is 0 Å². The third-order valence-corrected chi connectivity index (χ3v) is 1.96. The highest BCUT2D eigenvalue weighted by Gasteiger charge is 2.10. The van der Waals surface area contributed by atoms with Gasteiger partial charge in [-0.2, -0.15) is 0 Å². The molecule has 0 fully saturated rings. The summed E-state index contributed by atoms with van der Waals surface area (Å²) in [5.74, 6) is 0.0147. The van der Waals surface area contributed by atoms with Crippen LogP contribution in [0.5, 0.6) is 0 Å². The standard InChI is InChI=1S/C10H9N3O2/c11-10(14)7-2-1-3-12-8(7)6-9-13-4-5-15-9/h1-5H,6H2,(H2,11,14). The molecular weight excluding hydrogens is 194 g/mol. The van der Waals surface area contributed by atoms with Crippen LogP contribution in [-0.2, 0) is 6.42 Å². The van der Waals surface area contributed by atoms with Crippen LogP contribution in [0.15, 0.2) is 35.2 Å². The van der Waals surface area contributed by atoms with Gasteiger partial charge in [-0.1, -0.05) is 0 Å². The van der Waals surface area contributed by atoms with Gasteiger partial charge in [0.2, 0.25) is 0 Å². The normalized spacial score (nSPS) is 10.1. The second kappa shape index (κ2) is 3.91. The minimum Gasteiger partial charge on any atom is -0.449 e. The Kier molecular flexibility index (Phi) is 2.45. The topological polar surface area (TPSA) is 82.0 Å². The van der Waals surface area contributed by atoms with E-state index in [1.807, 2.05) is 0 Å². The van der Waals surface area contributed by atoms with Crippen molar-refractivity contribution in [1.29, 1.82) is 0 Å². The van der Waals surface area contributed by atoms with Gasteiger partial charge >= 0.3 is 0 Å². The first-order valence-electron chi connectivity index (χ1n) is 4.39. The largest absolute Gasteiger partial charge is 0.449 e. The first-order valence-corrected chi connectivity index (χ1v) is 4.39. The number of rotatable bonds is 3. The molecule has 2 aromatic heterocycles. The molecule has 2 N–H and O–H groups in total. The summed E-state index contributed by atoms with van der Waals surface area (Å²) < 4.78 is 5.07. The molecule has 5 nitrogen and oxygen atoms in total. The lowest BCUT2D eigenvalue weighted by atomic mass is 10.1. The third kappa shape index (κ3) is 2.01.